The Balaban J connectivity index is 0.00000264. The Morgan fingerprint density at radius 3 is 2.65 bits per heavy atom. The van der Waals surface area contributed by atoms with Crippen LogP contribution < -0.4 is 10.6 Å². The first kappa shape index (κ1) is 21.2. The van der Waals surface area contributed by atoms with E-state index in [1.807, 2.05) is 6.92 Å². The number of nitrogens with zero attached hydrogens (tertiary/aromatic N) is 1. The minimum atomic E-state index is -0.658. The van der Waals surface area contributed by atoms with Gasteiger partial charge in [0, 0.05) is 40.9 Å². The molecule has 2 fully saturated rings. The van der Waals surface area contributed by atoms with Gasteiger partial charge in [-0.25, -0.2) is 0 Å². The first-order chi connectivity index (χ1) is 10.7. The minimum Gasteiger partial charge on any atom is -0.357 e. The van der Waals surface area contributed by atoms with Gasteiger partial charge >= 0.3 is 0 Å². The van der Waals surface area contributed by atoms with E-state index in [-0.39, 0.29) is 24.0 Å². The monoisotopic (exact) mass is 455 g/mol. The number of aliphatic imine (C=N–C) groups is 1. The van der Waals surface area contributed by atoms with E-state index in [2.05, 4.69) is 17.6 Å². The zero-order chi connectivity index (χ0) is 15.8. The fraction of sp³-hybridized carbons (Fsp3) is 0.941. The number of hydrogen-bond acceptors (Lipinski definition) is 2. The lowest BCUT2D eigenvalue weighted by Crippen LogP contribution is -2.46. The van der Waals surface area contributed by atoms with Gasteiger partial charge in [-0.3, -0.25) is 9.20 Å². The molecule has 6 heteroatoms. The van der Waals surface area contributed by atoms with Crippen molar-refractivity contribution in [2.24, 2.45) is 10.9 Å². The lowest BCUT2D eigenvalue weighted by atomic mass is 9.95. The molecular formula is C17H34IN3OS. The molecule has 0 amide bonds. The number of guanidine groups is 1. The van der Waals surface area contributed by atoms with Crippen LogP contribution in [0.25, 0.3) is 0 Å². The Morgan fingerprint density at radius 1 is 1.22 bits per heavy atom. The van der Waals surface area contributed by atoms with E-state index in [1.54, 1.807) is 0 Å². The Morgan fingerprint density at radius 2 is 2.00 bits per heavy atom. The topological polar surface area (TPSA) is 53.5 Å². The maximum atomic E-state index is 12.0. The molecule has 0 aromatic heterocycles. The summed E-state index contributed by atoms with van der Waals surface area (Å²) in [6.45, 7) is 5.95. The van der Waals surface area contributed by atoms with E-state index in [9.17, 15) is 4.21 Å². The molecule has 0 radical (unpaired) electrons. The van der Waals surface area contributed by atoms with Gasteiger partial charge in [-0.05, 0) is 44.9 Å². The van der Waals surface area contributed by atoms with Crippen molar-refractivity contribution in [3.8, 4) is 0 Å². The van der Waals surface area contributed by atoms with Crippen molar-refractivity contribution < 1.29 is 4.21 Å². The van der Waals surface area contributed by atoms with E-state index < -0.39 is 10.8 Å². The van der Waals surface area contributed by atoms with Crippen molar-refractivity contribution in [1.29, 1.82) is 0 Å². The molecule has 2 N–H and O–H groups in total. The molecule has 2 aliphatic carbocycles. The highest BCUT2D eigenvalue weighted by Gasteiger charge is 2.26. The van der Waals surface area contributed by atoms with Gasteiger partial charge in [0.1, 0.15) is 0 Å². The number of halogens is 1. The van der Waals surface area contributed by atoms with Gasteiger partial charge in [-0.1, -0.05) is 26.2 Å². The Bertz CT molecular complexity index is 388. The van der Waals surface area contributed by atoms with E-state index in [1.165, 1.54) is 38.5 Å². The maximum Gasteiger partial charge on any atom is 0.191 e. The summed E-state index contributed by atoms with van der Waals surface area (Å²) in [6.07, 6.45) is 9.89. The van der Waals surface area contributed by atoms with Crippen LogP contribution >= 0.6 is 24.0 Å². The molecule has 0 heterocycles. The van der Waals surface area contributed by atoms with Crippen molar-refractivity contribution in [2.75, 3.05) is 18.8 Å². The maximum absolute atomic E-state index is 12.0. The number of rotatable bonds is 8. The summed E-state index contributed by atoms with van der Waals surface area (Å²) in [5, 5.41) is 7.30. The van der Waals surface area contributed by atoms with Crippen LogP contribution in [0.15, 0.2) is 4.99 Å². The molecular weight excluding hydrogens is 421 g/mol. The van der Waals surface area contributed by atoms with Crippen molar-refractivity contribution >= 4 is 40.7 Å². The first-order valence-corrected chi connectivity index (χ1v) is 10.5. The van der Waals surface area contributed by atoms with E-state index >= 15 is 0 Å². The first-order valence-electron chi connectivity index (χ1n) is 9.15. The van der Waals surface area contributed by atoms with Gasteiger partial charge in [0.2, 0.25) is 0 Å². The van der Waals surface area contributed by atoms with Gasteiger partial charge in [0.05, 0.1) is 0 Å². The highest BCUT2D eigenvalue weighted by molar-refractivity contribution is 14.0. The van der Waals surface area contributed by atoms with Crippen LogP contribution in [0.4, 0.5) is 0 Å². The van der Waals surface area contributed by atoms with Crippen molar-refractivity contribution in [3.63, 3.8) is 0 Å². The van der Waals surface area contributed by atoms with Crippen LogP contribution in [0.2, 0.25) is 0 Å². The molecule has 0 saturated heterocycles. The lowest BCUT2D eigenvalue weighted by molar-refractivity contribution is 0.413. The van der Waals surface area contributed by atoms with Crippen molar-refractivity contribution in [1.82, 2.24) is 10.6 Å². The van der Waals surface area contributed by atoms with E-state index in [0.29, 0.717) is 11.3 Å². The highest BCUT2D eigenvalue weighted by Crippen LogP contribution is 2.33. The van der Waals surface area contributed by atoms with Crippen LogP contribution in [0.5, 0.6) is 0 Å². The number of nitrogens with one attached hydrogen (secondary N) is 2. The quantitative estimate of drug-likeness (QED) is 0.255. The molecule has 3 unspecified atom stereocenters. The van der Waals surface area contributed by atoms with Gasteiger partial charge < -0.3 is 10.6 Å². The Labute approximate surface area is 161 Å². The minimum absolute atomic E-state index is 0. The van der Waals surface area contributed by atoms with E-state index in [0.717, 1.165) is 43.6 Å². The smallest absolute Gasteiger partial charge is 0.191 e. The molecule has 23 heavy (non-hydrogen) atoms. The van der Waals surface area contributed by atoms with Gasteiger partial charge in [-0.15, -0.1) is 24.0 Å². The molecule has 3 atom stereocenters. The average molecular weight is 455 g/mol. The second-order valence-corrected chi connectivity index (χ2v) is 8.65. The largest absolute Gasteiger partial charge is 0.357 e. The third-order valence-corrected chi connectivity index (χ3v) is 6.45. The summed E-state index contributed by atoms with van der Waals surface area (Å²) in [6, 6.07) is 0.426. The third-order valence-electron chi connectivity index (χ3n) is 4.70. The lowest BCUT2D eigenvalue weighted by Gasteiger charge is -2.30. The highest BCUT2D eigenvalue weighted by atomic mass is 127. The zero-order valence-electron chi connectivity index (χ0n) is 14.7. The van der Waals surface area contributed by atoms with Crippen LogP contribution in [0.3, 0.4) is 0 Å². The predicted molar refractivity (Wildman–Crippen MR) is 111 cm³/mol. The van der Waals surface area contributed by atoms with Crippen LogP contribution in [0.1, 0.15) is 65.2 Å². The summed E-state index contributed by atoms with van der Waals surface area (Å²) in [5.41, 5.74) is 0. The summed E-state index contributed by atoms with van der Waals surface area (Å²) < 4.78 is 12.0. The second-order valence-electron chi connectivity index (χ2n) is 6.65. The Hall–Kier alpha value is 0.150. The Kier molecular flexibility index (Phi) is 10.7. The summed E-state index contributed by atoms with van der Waals surface area (Å²) in [5.74, 6) is 2.73. The molecule has 0 aromatic rings. The fourth-order valence-corrected chi connectivity index (χ4v) is 4.59. The predicted octanol–water partition coefficient (Wildman–Crippen LogP) is 3.43. The molecule has 0 bridgehead atoms. The molecule has 136 valence electrons. The van der Waals surface area contributed by atoms with Crippen molar-refractivity contribution in [2.45, 2.75) is 76.5 Å². The standard InChI is InChI=1S/C17H33N3OS.HI/c1-3-18-17(19-12-6-7-14-10-11-14)20-15-8-5-9-16(13-15)22(21)4-2;/h14-16H,3-13H2,1-2H3,(H2,18,19,20);1H. The van der Waals surface area contributed by atoms with Gasteiger partial charge in [0.15, 0.2) is 5.96 Å². The third kappa shape index (κ3) is 8.18. The van der Waals surface area contributed by atoms with Crippen molar-refractivity contribution in [3.05, 3.63) is 0 Å². The zero-order valence-corrected chi connectivity index (χ0v) is 17.8. The molecule has 2 rings (SSSR count). The molecule has 2 aliphatic rings. The van der Waals surface area contributed by atoms with E-state index in [4.69, 9.17) is 4.99 Å². The summed E-state index contributed by atoms with van der Waals surface area (Å²) >= 11 is 0. The fourth-order valence-electron chi connectivity index (χ4n) is 3.24. The van der Waals surface area contributed by atoms with Crippen LogP contribution in [0, 0.1) is 5.92 Å². The number of hydrogen-bond donors (Lipinski definition) is 2. The molecule has 2 saturated carbocycles. The molecule has 4 nitrogen and oxygen atoms in total. The SMILES string of the molecule is CCNC(=NCCCC1CC1)NC1CCCC(S(=O)CC)C1.I. The molecule has 0 aliphatic heterocycles. The van der Waals surface area contributed by atoms with Gasteiger partial charge in [-0.2, -0.15) is 0 Å². The molecule has 0 aromatic carbocycles. The normalized spacial score (nSPS) is 26.3. The second kappa shape index (κ2) is 11.7. The summed E-state index contributed by atoms with van der Waals surface area (Å²) in [4.78, 5) is 4.72. The van der Waals surface area contributed by atoms with Gasteiger partial charge in [0.25, 0.3) is 0 Å². The average Bonchev–Trinajstić information content (AvgIpc) is 3.35. The molecule has 0 spiro atoms. The van der Waals surface area contributed by atoms with Crippen LogP contribution in [-0.4, -0.2) is 40.3 Å². The van der Waals surface area contributed by atoms with Crippen LogP contribution in [-0.2, 0) is 10.8 Å². The summed E-state index contributed by atoms with van der Waals surface area (Å²) in [7, 11) is -0.658.